The first-order valence-corrected chi connectivity index (χ1v) is 13.6. The minimum Gasteiger partial charge on any atom is -0.480 e. The van der Waals surface area contributed by atoms with Crippen LogP contribution >= 0.6 is 0 Å². The second-order valence-corrected chi connectivity index (χ2v) is 10.2. The summed E-state index contributed by atoms with van der Waals surface area (Å²) in [5.74, 6) is -3.13. The van der Waals surface area contributed by atoms with E-state index in [-0.39, 0.29) is 29.7 Å². The van der Waals surface area contributed by atoms with Gasteiger partial charge >= 0.3 is 11.7 Å². The number of piperidine rings is 1. The number of aromatic nitrogens is 2. The number of carbonyl (C=O) groups excluding carboxylic acids is 4. The first kappa shape index (κ1) is 32.4. The van der Waals surface area contributed by atoms with E-state index in [1.165, 1.54) is 12.4 Å². The number of carboxylic acids is 1. The zero-order valence-electron chi connectivity index (χ0n) is 23.4. The molecule has 14 nitrogen and oxygen atoms in total. The van der Waals surface area contributed by atoms with Crippen LogP contribution in [0.5, 0.6) is 0 Å². The van der Waals surface area contributed by atoms with E-state index in [0.29, 0.717) is 51.7 Å². The summed E-state index contributed by atoms with van der Waals surface area (Å²) in [6.45, 7) is 7.36. The van der Waals surface area contributed by atoms with Crippen molar-refractivity contribution in [3.05, 3.63) is 28.4 Å². The average molecular weight is 564 g/mol. The summed E-state index contributed by atoms with van der Waals surface area (Å²) in [6.07, 6.45) is 5.15. The summed E-state index contributed by atoms with van der Waals surface area (Å²) in [4.78, 5) is 80.9. The smallest absolute Gasteiger partial charge is 0.344 e. The lowest BCUT2D eigenvalue weighted by Gasteiger charge is -2.41. The van der Waals surface area contributed by atoms with Crippen LogP contribution in [0.25, 0.3) is 0 Å². The van der Waals surface area contributed by atoms with Crippen LogP contribution in [0.4, 0.5) is 0 Å². The number of hydrogen-bond acceptors (Lipinski definition) is 8. The summed E-state index contributed by atoms with van der Waals surface area (Å²) in [6, 6.07) is -0.869. The maximum Gasteiger partial charge on any atom is 0.344 e. The number of H-pyrrole nitrogens is 1. The molecule has 1 atom stereocenters. The Hall–Kier alpha value is -3.81. The molecule has 1 fully saturated rings. The Morgan fingerprint density at radius 3 is 2.38 bits per heavy atom. The Balaban J connectivity index is 1.85. The van der Waals surface area contributed by atoms with Gasteiger partial charge < -0.3 is 36.3 Å². The maximum absolute atomic E-state index is 13.3. The van der Waals surface area contributed by atoms with Crippen molar-refractivity contribution in [1.82, 2.24) is 36.1 Å². The molecule has 40 heavy (non-hydrogen) atoms. The minimum atomic E-state index is -1.26. The molecule has 0 aliphatic carbocycles. The summed E-state index contributed by atoms with van der Waals surface area (Å²) in [5, 5.41) is 19.7. The van der Waals surface area contributed by atoms with Crippen LogP contribution in [0.2, 0.25) is 0 Å². The molecule has 1 aromatic heterocycles. The van der Waals surface area contributed by atoms with Gasteiger partial charge in [-0.25, -0.2) is 9.78 Å². The predicted molar refractivity (Wildman–Crippen MR) is 145 cm³/mol. The number of hydrogen-bond donors (Lipinski definition) is 6. The van der Waals surface area contributed by atoms with Crippen LogP contribution in [0.3, 0.4) is 0 Å². The van der Waals surface area contributed by atoms with E-state index < -0.39 is 41.6 Å². The number of nitrogens with one attached hydrogen (secondary N) is 5. The normalized spacial score (nSPS) is 15.6. The first-order chi connectivity index (χ1) is 19.0. The highest BCUT2D eigenvalue weighted by Crippen LogP contribution is 2.23. The van der Waals surface area contributed by atoms with Gasteiger partial charge in [-0.1, -0.05) is 27.2 Å². The lowest BCUT2D eigenvalue weighted by molar-refractivity contribution is -0.141. The van der Waals surface area contributed by atoms with Crippen LogP contribution in [0, 0.1) is 5.92 Å². The van der Waals surface area contributed by atoms with Gasteiger partial charge in [0, 0.05) is 38.4 Å². The third kappa shape index (κ3) is 10.1. The van der Waals surface area contributed by atoms with E-state index in [2.05, 4.69) is 36.1 Å². The van der Waals surface area contributed by atoms with Crippen molar-refractivity contribution in [2.75, 3.05) is 32.7 Å². The molecule has 1 aliphatic rings. The Labute approximate surface area is 233 Å². The van der Waals surface area contributed by atoms with Crippen molar-refractivity contribution in [2.24, 2.45) is 5.92 Å². The number of rotatable bonds is 15. The van der Waals surface area contributed by atoms with Gasteiger partial charge in [-0.05, 0) is 38.1 Å². The largest absolute Gasteiger partial charge is 0.480 e. The zero-order chi connectivity index (χ0) is 29.7. The zero-order valence-corrected chi connectivity index (χ0v) is 23.4. The van der Waals surface area contributed by atoms with E-state index in [1.807, 2.05) is 6.92 Å². The molecule has 14 heteroatoms. The van der Waals surface area contributed by atoms with Crippen LogP contribution in [-0.2, 0) is 19.2 Å². The number of likely N-dealkylation sites (tertiary alicyclic amines) is 1. The topological polar surface area (TPSA) is 203 Å². The number of nitrogens with zero attached hydrogens (tertiary/aromatic N) is 2. The monoisotopic (exact) mass is 563 g/mol. The SMILES string of the molecule is CCN1CCC(NC(=O)[C@@H](NC(=O)CCCCCNC(=O)c2cnc(=O)[nH]c2)C(C)C)(C(=O)NCC(=O)O)CC1. The van der Waals surface area contributed by atoms with Crippen molar-refractivity contribution < 1.29 is 29.1 Å². The fourth-order valence-corrected chi connectivity index (χ4v) is 4.44. The number of amides is 4. The van der Waals surface area contributed by atoms with Gasteiger partial charge in [0.1, 0.15) is 18.1 Å². The highest BCUT2D eigenvalue weighted by atomic mass is 16.4. The van der Waals surface area contributed by atoms with Gasteiger partial charge in [-0.3, -0.25) is 24.0 Å². The molecule has 0 bridgehead atoms. The average Bonchev–Trinajstić information content (AvgIpc) is 2.92. The van der Waals surface area contributed by atoms with Gasteiger partial charge in [-0.15, -0.1) is 0 Å². The van der Waals surface area contributed by atoms with Crippen LogP contribution in [0.15, 0.2) is 17.2 Å². The van der Waals surface area contributed by atoms with E-state index in [1.54, 1.807) is 13.8 Å². The second kappa shape index (κ2) is 15.7. The summed E-state index contributed by atoms with van der Waals surface area (Å²) in [7, 11) is 0. The quantitative estimate of drug-likeness (QED) is 0.150. The molecule has 0 spiro atoms. The number of unbranched alkanes of at least 4 members (excludes halogenated alkanes) is 2. The van der Waals surface area contributed by atoms with E-state index in [9.17, 15) is 28.8 Å². The number of carboxylic acid groups (broad SMARTS) is 1. The predicted octanol–water partition coefficient (Wildman–Crippen LogP) is -0.628. The third-order valence-electron chi connectivity index (χ3n) is 6.92. The fourth-order valence-electron chi connectivity index (χ4n) is 4.44. The van der Waals surface area contributed by atoms with Crippen molar-refractivity contribution in [2.45, 2.75) is 70.9 Å². The van der Waals surface area contributed by atoms with Gasteiger partial charge in [0.15, 0.2) is 0 Å². The Morgan fingerprint density at radius 1 is 1.10 bits per heavy atom. The molecule has 0 aromatic carbocycles. The molecule has 4 amide bonds. The minimum absolute atomic E-state index is 0.185. The molecule has 2 rings (SSSR count). The molecule has 2 heterocycles. The van der Waals surface area contributed by atoms with Crippen molar-refractivity contribution in [1.29, 1.82) is 0 Å². The lowest BCUT2D eigenvalue weighted by atomic mass is 9.85. The van der Waals surface area contributed by atoms with E-state index in [4.69, 9.17) is 5.11 Å². The summed E-state index contributed by atoms with van der Waals surface area (Å²) in [5.41, 5.74) is -1.55. The molecular weight excluding hydrogens is 522 g/mol. The molecular formula is C26H41N7O7. The maximum atomic E-state index is 13.3. The lowest BCUT2D eigenvalue weighted by Crippen LogP contribution is -2.66. The van der Waals surface area contributed by atoms with Crippen LogP contribution in [0.1, 0.15) is 69.7 Å². The Kier molecular flexibility index (Phi) is 12.7. The van der Waals surface area contributed by atoms with Crippen LogP contribution < -0.4 is 27.0 Å². The first-order valence-electron chi connectivity index (χ1n) is 13.6. The van der Waals surface area contributed by atoms with Gasteiger partial charge in [0.2, 0.25) is 17.7 Å². The molecule has 6 N–H and O–H groups in total. The van der Waals surface area contributed by atoms with Gasteiger partial charge in [0.05, 0.1) is 5.56 Å². The Morgan fingerprint density at radius 2 is 1.80 bits per heavy atom. The third-order valence-corrected chi connectivity index (χ3v) is 6.92. The number of carbonyl (C=O) groups is 5. The summed E-state index contributed by atoms with van der Waals surface area (Å²) >= 11 is 0. The molecule has 1 saturated heterocycles. The summed E-state index contributed by atoms with van der Waals surface area (Å²) < 4.78 is 0. The molecule has 0 radical (unpaired) electrons. The molecule has 222 valence electrons. The van der Waals surface area contributed by atoms with Crippen molar-refractivity contribution >= 4 is 29.6 Å². The molecule has 1 aromatic rings. The highest BCUT2D eigenvalue weighted by Gasteiger charge is 2.44. The molecule has 1 aliphatic heterocycles. The van der Waals surface area contributed by atoms with Crippen LogP contribution in [-0.4, -0.2) is 93.9 Å². The number of aromatic amines is 1. The van der Waals surface area contributed by atoms with Crippen molar-refractivity contribution in [3.8, 4) is 0 Å². The Bertz CT molecular complexity index is 1080. The molecule has 0 saturated carbocycles. The van der Waals surface area contributed by atoms with E-state index in [0.717, 1.165) is 6.54 Å². The van der Waals surface area contributed by atoms with Crippen molar-refractivity contribution in [3.63, 3.8) is 0 Å². The highest BCUT2D eigenvalue weighted by molar-refractivity contribution is 5.96. The van der Waals surface area contributed by atoms with Gasteiger partial charge in [-0.2, -0.15) is 0 Å². The fraction of sp³-hybridized carbons (Fsp3) is 0.654. The van der Waals surface area contributed by atoms with Gasteiger partial charge in [0.25, 0.3) is 5.91 Å². The second-order valence-electron chi connectivity index (χ2n) is 10.2. The molecule has 0 unspecified atom stereocenters. The number of aliphatic carboxylic acids is 1. The van der Waals surface area contributed by atoms with E-state index >= 15 is 0 Å². The standard InChI is InChI=1S/C26H41N7O7/c1-4-33-12-9-26(10-13-33,24(39)28-16-20(35)36)32-23(38)21(17(2)3)31-19(34)8-6-5-7-11-27-22(37)18-14-29-25(40)30-15-18/h14-15,17,21H,4-13,16H2,1-3H3,(H,27,37)(H,28,39)(H,31,34)(H,32,38)(H,35,36)(H,29,30,40)/t21-/m0/s1.